The van der Waals surface area contributed by atoms with Gasteiger partial charge in [0.2, 0.25) is 0 Å². The van der Waals surface area contributed by atoms with Gasteiger partial charge in [0, 0.05) is 5.92 Å². The maximum Gasteiger partial charge on any atom is 0.320 e. The van der Waals surface area contributed by atoms with Crippen molar-refractivity contribution in [3.63, 3.8) is 0 Å². The largest absolute Gasteiger partial charge is 0.480 e. The van der Waals surface area contributed by atoms with Crippen molar-refractivity contribution < 1.29 is 9.90 Å². The molecule has 0 aromatic heterocycles. The minimum Gasteiger partial charge on any atom is -0.480 e. The lowest BCUT2D eigenvalue weighted by molar-refractivity contribution is -0.140. The first-order valence-electron chi connectivity index (χ1n) is 4.16. The molecule has 3 unspecified atom stereocenters. The monoisotopic (exact) mass is 184 g/mol. The number of allylic oxidation sites excluding steroid dienone is 2. The van der Waals surface area contributed by atoms with Gasteiger partial charge in [0.25, 0.3) is 0 Å². The van der Waals surface area contributed by atoms with Crippen molar-refractivity contribution in [1.29, 1.82) is 0 Å². The lowest BCUT2D eigenvalue weighted by atomic mass is 9.93. The first-order chi connectivity index (χ1) is 5.69. The van der Waals surface area contributed by atoms with E-state index in [-0.39, 0.29) is 5.92 Å². The number of rotatable bonds is 2. The summed E-state index contributed by atoms with van der Waals surface area (Å²) in [5, 5.41) is 9.13. The zero-order chi connectivity index (χ0) is 8.77. The highest BCUT2D eigenvalue weighted by Crippen LogP contribution is 2.52. The van der Waals surface area contributed by atoms with Crippen LogP contribution in [0.25, 0.3) is 0 Å². The van der Waals surface area contributed by atoms with E-state index in [1.165, 1.54) is 11.8 Å². The Kier molecular flexibility index (Phi) is 1.72. The van der Waals surface area contributed by atoms with Crippen molar-refractivity contribution in [2.45, 2.75) is 17.6 Å². The molecule has 0 spiro atoms. The molecule has 0 aromatic rings. The summed E-state index contributed by atoms with van der Waals surface area (Å²) in [6.07, 6.45) is 8.03. The molecule has 0 aliphatic heterocycles. The summed E-state index contributed by atoms with van der Waals surface area (Å²) in [6, 6.07) is 0. The highest BCUT2D eigenvalue weighted by Gasteiger charge is 2.53. The number of carboxylic acids is 1. The van der Waals surface area contributed by atoms with Crippen LogP contribution >= 0.6 is 11.8 Å². The average Bonchev–Trinajstić information content (AvgIpc) is 2.62. The van der Waals surface area contributed by atoms with Gasteiger partial charge < -0.3 is 5.11 Å². The fourth-order valence-electron chi connectivity index (χ4n) is 2.38. The average molecular weight is 184 g/mol. The second-order valence-electron chi connectivity index (χ2n) is 3.59. The van der Waals surface area contributed by atoms with Crippen LogP contribution in [0, 0.1) is 11.8 Å². The van der Waals surface area contributed by atoms with Crippen molar-refractivity contribution in [2.75, 3.05) is 6.26 Å². The third-order valence-corrected chi connectivity index (χ3v) is 4.44. The molecule has 3 heteroatoms. The number of thioether (sulfide) groups is 1. The van der Waals surface area contributed by atoms with Gasteiger partial charge in [0.15, 0.2) is 0 Å². The number of carboxylic acid groups (broad SMARTS) is 1. The van der Waals surface area contributed by atoms with Crippen LogP contribution in [0.3, 0.4) is 0 Å². The number of hydrogen-bond donors (Lipinski definition) is 1. The third kappa shape index (κ3) is 0.859. The van der Waals surface area contributed by atoms with Crippen LogP contribution in [-0.4, -0.2) is 22.1 Å². The van der Waals surface area contributed by atoms with Gasteiger partial charge in [-0.2, -0.15) is 0 Å². The fraction of sp³-hybridized carbons (Fsp3) is 0.667. The van der Waals surface area contributed by atoms with Gasteiger partial charge in [0.1, 0.15) is 4.75 Å². The standard InChI is InChI=1S/C9H12O2S/c1-12-9(8(10)11)5-6-2-3-7(9)4-6/h2-3,6-7H,4-5H2,1H3,(H,10,11). The zero-order valence-electron chi connectivity index (χ0n) is 6.99. The molecule has 1 fully saturated rings. The molecule has 66 valence electrons. The Morgan fingerprint density at radius 3 is 2.67 bits per heavy atom. The second kappa shape index (κ2) is 2.52. The second-order valence-corrected chi connectivity index (χ2v) is 4.73. The van der Waals surface area contributed by atoms with E-state index < -0.39 is 10.7 Å². The lowest BCUT2D eigenvalue weighted by Gasteiger charge is -2.28. The Bertz CT molecular complexity index is 249. The van der Waals surface area contributed by atoms with E-state index in [4.69, 9.17) is 5.11 Å². The molecular weight excluding hydrogens is 172 g/mol. The number of fused-ring (bicyclic) bond motifs is 2. The summed E-state index contributed by atoms with van der Waals surface area (Å²) in [5.74, 6) is 0.167. The van der Waals surface area contributed by atoms with E-state index in [0.717, 1.165) is 12.8 Å². The van der Waals surface area contributed by atoms with E-state index in [2.05, 4.69) is 12.2 Å². The Labute approximate surface area is 76.0 Å². The molecule has 1 saturated carbocycles. The summed E-state index contributed by atoms with van der Waals surface area (Å²) in [6.45, 7) is 0. The van der Waals surface area contributed by atoms with Gasteiger partial charge in [-0.15, -0.1) is 11.8 Å². The molecule has 0 radical (unpaired) electrons. The molecule has 12 heavy (non-hydrogen) atoms. The molecule has 2 aliphatic carbocycles. The molecule has 1 N–H and O–H groups in total. The van der Waals surface area contributed by atoms with E-state index in [1.807, 2.05) is 6.26 Å². The normalized spacial score (nSPS) is 43.8. The topological polar surface area (TPSA) is 37.3 Å². The molecule has 2 aliphatic rings. The van der Waals surface area contributed by atoms with Gasteiger partial charge in [-0.25, -0.2) is 0 Å². The van der Waals surface area contributed by atoms with Crippen LogP contribution in [0.5, 0.6) is 0 Å². The maximum atomic E-state index is 11.1. The van der Waals surface area contributed by atoms with Gasteiger partial charge in [-0.3, -0.25) is 4.79 Å². The van der Waals surface area contributed by atoms with Crippen LogP contribution in [0.2, 0.25) is 0 Å². The van der Waals surface area contributed by atoms with Crippen molar-refractivity contribution >= 4 is 17.7 Å². The molecule has 2 bridgehead atoms. The number of hydrogen-bond acceptors (Lipinski definition) is 2. The summed E-state index contributed by atoms with van der Waals surface area (Å²) in [7, 11) is 0. The summed E-state index contributed by atoms with van der Waals surface area (Å²) in [5.41, 5.74) is 0. The number of carbonyl (C=O) groups is 1. The molecule has 0 heterocycles. The highest BCUT2D eigenvalue weighted by molar-refractivity contribution is 8.00. The molecule has 0 saturated heterocycles. The Balaban J connectivity index is 2.31. The SMILES string of the molecule is CSC1(C(=O)O)CC2C=CC1C2. The smallest absolute Gasteiger partial charge is 0.320 e. The van der Waals surface area contributed by atoms with E-state index in [1.54, 1.807) is 0 Å². The minimum absolute atomic E-state index is 0.273. The molecule has 2 nitrogen and oxygen atoms in total. The predicted octanol–water partition coefficient (Wildman–Crippen LogP) is 1.77. The summed E-state index contributed by atoms with van der Waals surface area (Å²) in [4.78, 5) is 11.1. The van der Waals surface area contributed by atoms with Crippen molar-refractivity contribution in [3.8, 4) is 0 Å². The molecule has 2 rings (SSSR count). The highest BCUT2D eigenvalue weighted by atomic mass is 32.2. The summed E-state index contributed by atoms with van der Waals surface area (Å²) < 4.78 is -0.501. The molecule has 0 amide bonds. The van der Waals surface area contributed by atoms with Gasteiger partial charge in [-0.1, -0.05) is 12.2 Å². The third-order valence-electron chi connectivity index (χ3n) is 3.06. The Morgan fingerprint density at radius 1 is 1.67 bits per heavy atom. The summed E-state index contributed by atoms with van der Waals surface area (Å²) >= 11 is 1.50. The Hall–Kier alpha value is -0.440. The van der Waals surface area contributed by atoms with E-state index in [0.29, 0.717) is 5.92 Å². The lowest BCUT2D eigenvalue weighted by Crippen LogP contribution is -2.38. The van der Waals surface area contributed by atoms with Crippen LogP contribution in [0.15, 0.2) is 12.2 Å². The Morgan fingerprint density at radius 2 is 2.42 bits per heavy atom. The van der Waals surface area contributed by atoms with Crippen LogP contribution in [-0.2, 0) is 4.79 Å². The van der Waals surface area contributed by atoms with Crippen molar-refractivity contribution in [1.82, 2.24) is 0 Å². The van der Waals surface area contributed by atoms with Gasteiger partial charge >= 0.3 is 5.97 Å². The number of aliphatic carboxylic acids is 1. The van der Waals surface area contributed by atoms with E-state index in [9.17, 15) is 4.79 Å². The quantitative estimate of drug-likeness (QED) is 0.664. The van der Waals surface area contributed by atoms with Crippen molar-refractivity contribution in [3.05, 3.63) is 12.2 Å². The fourth-order valence-corrected chi connectivity index (χ4v) is 3.41. The first-order valence-corrected chi connectivity index (χ1v) is 5.38. The molecular formula is C9H12O2S. The van der Waals surface area contributed by atoms with Gasteiger partial charge in [0.05, 0.1) is 0 Å². The van der Waals surface area contributed by atoms with Crippen LogP contribution < -0.4 is 0 Å². The van der Waals surface area contributed by atoms with E-state index >= 15 is 0 Å². The van der Waals surface area contributed by atoms with Crippen LogP contribution in [0.4, 0.5) is 0 Å². The first kappa shape index (κ1) is 8.17. The van der Waals surface area contributed by atoms with Crippen LogP contribution in [0.1, 0.15) is 12.8 Å². The van der Waals surface area contributed by atoms with Gasteiger partial charge in [-0.05, 0) is 25.0 Å². The molecule has 0 aromatic carbocycles. The van der Waals surface area contributed by atoms with Crippen molar-refractivity contribution in [2.24, 2.45) is 11.8 Å². The zero-order valence-corrected chi connectivity index (χ0v) is 7.80. The predicted molar refractivity (Wildman–Crippen MR) is 49.2 cm³/mol. The molecule has 3 atom stereocenters. The minimum atomic E-state index is -0.633. The maximum absolute atomic E-state index is 11.1.